The maximum absolute atomic E-state index is 12.9. The molecule has 1 atom stereocenters. The molecule has 0 fully saturated rings. The second-order valence-corrected chi connectivity index (χ2v) is 6.16. The Kier molecular flexibility index (Phi) is 6.00. The molecule has 1 amide bonds. The number of nitrogens with one attached hydrogen (secondary N) is 1. The molecule has 0 bridgehead atoms. The van der Waals surface area contributed by atoms with Crippen LogP contribution in [-0.4, -0.2) is 23.2 Å². The Morgan fingerprint density at radius 3 is 2.41 bits per heavy atom. The van der Waals surface area contributed by atoms with E-state index in [4.69, 9.17) is 0 Å². The van der Waals surface area contributed by atoms with Gasteiger partial charge in [-0.05, 0) is 37.8 Å². The lowest BCUT2D eigenvalue weighted by Crippen LogP contribution is -2.41. The fourth-order valence-electron chi connectivity index (χ4n) is 1.98. The van der Waals surface area contributed by atoms with Crippen LogP contribution in [0, 0.1) is 5.92 Å². The maximum Gasteiger partial charge on any atom is 0.417 e. The normalized spacial score (nSPS) is 14.7. The van der Waals surface area contributed by atoms with Gasteiger partial charge in [-0.15, -0.1) is 0 Å². The molecule has 6 heteroatoms. The zero-order chi connectivity index (χ0) is 17.0. The van der Waals surface area contributed by atoms with Crippen molar-refractivity contribution in [1.29, 1.82) is 0 Å². The van der Waals surface area contributed by atoms with Gasteiger partial charge in [0.15, 0.2) is 0 Å². The van der Waals surface area contributed by atoms with E-state index in [0.717, 1.165) is 18.6 Å². The van der Waals surface area contributed by atoms with E-state index in [9.17, 15) is 23.1 Å². The summed E-state index contributed by atoms with van der Waals surface area (Å²) in [5.74, 6) is -0.439. The third-order valence-corrected chi connectivity index (χ3v) is 3.37. The lowest BCUT2D eigenvalue weighted by Gasteiger charge is -2.25. The highest BCUT2D eigenvalue weighted by Gasteiger charge is 2.35. The first-order chi connectivity index (χ1) is 10.0. The largest absolute Gasteiger partial charge is 0.417 e. The van der Waals surface area contributed by atoms with E-state index in [1.807, 2.05) is 13.8 Å². The summed E-state index contributed by atoms with van der Waals surface area (Å²) in [6.45, 7) is 5.48. The molecule has 0 saturated heterocycles. The van der Waals surface area contributed by atoms with Crippen molar-refractivity contribution < 1.29 is 23.1 Å². The molecule has 0 heterocycles. The fourth-order valence-corrected chi connectivity index (χ4v) is 1.98. The van der Waals surface area contributed by atoms with Gasteiger partial charge in [0.2, 0.25) is 0 Å². The SMILES string of the molecule is CC(C)CCC(C)(O)CNC(=O)c1ccccc1C(F)(F)F. The third-order valence-electron chi connectivity index (χ3n) is 3.37. The van der Waals surface area contributed by atoms with Crippen LogP contribution in [0.1, 0.15) is 49.5 Å². The Morgan fingerprint density at radius 2 is 1.86 bits per heavy atom. The van der Waals surface area contributed by atoms with Crippen LogP contribution >= 0.6 is 0 Å². The van der Waals surface area contributed by atoms with Gasteiger partial charge in [0, 0.05) is 6.54 Å². The second kappa shape index (κ2) is 7.13. The molecule has 1 aromatic rings. The van der Waals surface area contributed by atoms with Crippen LogP contribution in [0.3, 0.4) is 0 Å². The summed E-state index contributed by atoms with van der Waals surface area (Å²) in [5, 5.41) is 12.5. The van der Waals surface area contributed by atoms with Crippen LogP contribution in [0.25, 0.3) is 0 Å². The summed E-state index contributed by atoms with van der Waals surface area (Å²) >= 11 is 0. The van der Waals surface area contributed by atoms with Gasteiger partial charge in [0.05, 0.1) is 16.7 Å². The van der Waals surface area contributed by atoms with Gasteiger partial charge in [-0.3, -0.25) is 4.79 Å². The molecule has 0 aromatic heterocycles. The minimum atomic E-state index is -4.59. The highest BCUT2D eigenvalue weighted by Crippen LogP contribution is 2.31. The molecule has 0 spiro atoms. The van der Waals surface area contributed by atoms with E-state index in [1.54, 1.807) is 6.92 Å². The quantitative estimate of drug-likeness (QED) is 0.842. The number of hydrogen-bond acceptors (Lipinski definition) is 2. The fraction of sp³-hybridized carbons (Fsp3) is 0.562. The minimum absolute atomic E-state index is 0.0925. The maximum atomic E-state index is 12.9. The second-order valence-electron chi connectivity index (χ2n) is 6.16. The Morgan fingerprint density at radius 1 is 1.27 bits per heavy atom. The summed E-state index contributed by atoms with van der Waals surface area (Å²) < 4.78 is 38.6. The molecule has 1 rings (SSSR count). The zero-order valence-electron chi connectivity index (χ0n) is 13.0. The minimum Gasteiger partial charge on any atom is -0.388 e. The lowest BCUT2D eigenvalue weighted by molar-refractivity contribution is -0.137. The summed E-state index contributed by atoms with van der Waals surface area (Å²) in [7, 11) is 0. The van der Waals surface area contributed by atoms with Gasteiger partial charge >= 0.3 is 6.18 Å². The van der Waals surface area contributed by atoms with E-state index in [-0.39, 0.29) is 6.54 Å². The lowest BCUT2D eigenvalue weighted by atomic mass is 9.95. The molecule has 0 aliphatic heterocycles. The van der Waals surface area contributed by atoms with Crippen molar-refractivity contribution in [2.75, 3.05) is 6.54 Å². The smallest absolute Gasteiger partial charge is 0.388 e. The highest BCUT2D eigenvalue weighted by molar-refractivity contribution is 5.95. The Labute approximate surface area is 128 Å². The molecule has 0 radical (unpaired) electrons. The van der Waals surface area contributed by atoms with E-state index < -0.39 is 28.8 Å². The van der Waals surface area contributed by atoms with Crippen LogP contribution in [0.4, 0.5) is 13.2 Å². The molecule has 0 aliphatic carbocycles. The topological polar surface area (TPSA) is 49.3 Å². The average Bonchev–Trinajstić information content (AvgIpc) is 2.42. The first-order valence-electron chi connectivity index (χ1n) is 7.20. The van der Waals surface area contributed by atoms with Gasteiger partial charge in [0.1, 0.15) is 0 Å². The van der Waals surface area contributed by atoms with Gasteiger partial charge in [0.25, 0.3) is 5.91 Å². The van der Waals surface area contributed by atoms with Crippen LogP contribution < -0.4 is 5.32 Å². The van der Waals surface area contributed by atoms with Crippen LogP contribution in [-0.2, 0) is 6.18 Å². The number of carbonyl (C=O) groups is 1. The van der Waals surface area contributed by atoms with Crippen molar-refractivity contribution in [2.24, 2.45) is 5.92 Å². The van der Waals surface area contributed by atoms with Crippen LogP contribution in [0.15, 0.2) is 24.3 Å². The third kappa shape index (κ3) is 5.67. The van der Waals surface area contributed by atoms with Crippen molar-refractivity contribution >= 4 is 5.91 Å². The molecule has 0 aliphatic rings. The Bertz CT molecular complexity index is 510. The molecule has 2 N–H and O–H groups in total. The number of halogens is 3. The van der Waals surface area contributed by atoms with Gasteiger partial charge in [-0.25, -0.2) is 0 Å². The molecule has 3 nitrogen and oxygen atoms in total. The molecule has 124 valence electrons. The van der Waals surface area contributed by atoms with E-state index in [1.165, 1.54) is 12.1 Å². The number of benzene rings is 1. The molecule has 0 saturated carbocycles. The van der Waals surface area contributed by atoms with Crippen LogP contribution in [0.5, 0.6) is 0 Å². The van der Waals surface area contributed by atoms with Gasteiger partial charge in [-0.2, -0.15) is 13.2 Å². The first-order valence-corrected chi connectivity index (χ1v) is 7.20. The van der Waals surface area contributed by atoms with Crippen molar-refractivity contribution in [3.63, 3.8) is 0 Å². The monoisotopic (exact) mass is 317 g/mol. The average molecular weight is 317 g/mol. The number of hydrogen-bond donors (Lipinski definition) is 2. The van der Waals surface area contributed by atoms with E-state index in [2.05, 4.69) is 5.32 Å². The zero-order valence-corrected chi connectivity index (χ0v) is 13.0. The van der Waals surface area contributed by atoms with Crippen molar-refractivity contribution in [3.8, 4) is 0 Å². The summed E-state index contributed by atoms with van der Waals surface area (Å²) in [6.07, 6.45) is -3.36. The van der Waals surface area contributed by atoms with Crippen LogP contribution in [0.2, 0.25) is 0 Å². The first kappa shape index (κ1) is 18.5. The highest BCUT2D eigenvalue weighted by atomic mass is 19.4. The standard InChI is InChI=1S/C16H22F3NO2/c1-11(2)8-9-15(3,22)10-20-14(21)12-6-4-5-7-13(12)16(17,18)19/h4-7,11,22H,8-10H2,1-3H3,(H,20,21). The van der Waals surface area contributed by atoms with Gasteiger partial charge in [-0.1, -0.05) is 26.0 Å². The predicted molar refractivity (Wildman–Crippen MR) is 78.5 cm³/mol. The Hall–Kier alpha value is -1.56. The molecular formula is C16H22F3NO2. The number of alkyl halides is 3. The predicted octanol–water partition coefficient (Wildman–Crippen LogP) is 3.62. The summed E-state index contributed by atoms with van der Waals surface area (Å²) in [4.78, 5) is 12.0. The Balaban J connectivity index is 2.75. The number of amides is 1. The van der Waals surface area contributed by atoms with Crippen molar-refractivity contribution in [2.45, 2.75) is 45.4 Å². The van der Waals surface area contributed by atoms with Crippen molar-refractivity contribution in [1.82, 2.24) is 5.32 Å². The number of rotatable bonds is 6. The molecule has 22 heavy (non-hydrogen) atoms. The molecular weight excluding hydrogens is 295 g/mol. The number of carbonyl (C=O) groups excluding carboxylic acids is 1. The summed E-state index contributed by atoms with van der Waals surface area (Å²) in [5.41, 5.74) is -2.56. The molecule has 1 unspecified atom stereocenters. The molecule has 1 aromatic carbocycles. The number of aliphatic hydroxyl groups is 1. The van der Waals surface area contributed by atoms with E-state index >= 15 is 0 Å². The summed E-state index contributed by atoms with van der Waals surface area (Å²) in [6, 6.07) is 4.60. The van der Waals surface area contributed by atoms with E-state index in [0.29, 0.717) is 12.3 Å². The van der Waals surface area contributed by atoms with Crippen molar-refractivity contribution in [3.05, 3.63) is 35.4 Å². The van der Waals surface area contributed by atoms with Gasteiger partial charge < -0.3 is 10.4 Å².